The average molecular weight is 599 g/mol. The molecule has 0 aliphatic carbocycles. The number of anilines is 1. The number of hydrogen-bond donors (Lipinski definition) is 2. The average Bonchev–Trinajstić information content (AvgIpc) is 3.47. The Morgan fingerprint density at radius 2 is 1.64 bits per heavy atom. The van der Waals surface area contributed by atoms with Crippen LogP contribution in [0, 0.1) is 0 Å². The van der Waals surface area contributed by atoms with Gasteiger partial charge < -0.3 is 25.0 Å². The number of aromatic nitrogens is 3. The minimum Gasteiger partial charge on any atom is -0.464 e. The van der Waals surface area contributed by atoms with E-state index in [0.29, 0.717) is 11.5 Å². The van der Waals surface area contributed by atoms with Crippen molar-refractivity contribution in [2.45, 2.75) is 57.8 Å². The molecule has 0 atom stereocenters. The summed E-state index contributed by atoms with van der Waals surface area (Å²) in [5, 5.41) is 10.6. The molecular formula is C34H42N6O4. The van der Waals surface area contributed by atoms with Gasteiger partial charge in [0, 0.05) is 19.6 Å². The Labute approximate surface area is 258 Å². The van der Waals surface area contributed by atoms with Crippen molar-refractivity contribution < 1.29 is 19.1 Å². The van der Waals surface area contributed by atoms with Gasteiger partial charge in [-0.15, -0.1) is 5.10 Å². The van der Waals surface area contributed by atoms with E-state index < -0.39 is 17.4 Å². The second-order valence-corrected chi connectivity index (χ2v) is 11.6. The summed E-state index contributed by atoms with van der Waals surface area (Å²) >= 11 is 0. The molecule has 44 heavy (non-hydrogen) atoms. The normalized spacial score (nSPS) is 14.5. The van der Waals surface area contributed by atoms with Crippen molar-refractivity contribution in [3.63, 3.8) is 0 Å². The SMILES string of the molecule is CCOC(=O)C(C)(C)NC(=O)c1cn2nc(NCCCN3CCC(OC(c4ccccc4)c4ccccc4)CC3)ccc2n1. The number of ether oxygens (including phenoxy) is 2. The van der Waals surface area contributed by atoms with Crippen molar-refractivity contribution in [1.29, 1.82) is 0 Å². The Morgan fingerprint density at radius 3 is 2.27 bits per heavy atom. The molecule has 2 aromatic heterocycles. The number of rotatable bonds is 13. The molecule has 1 aliphatic heterocycles. The number of amides is 1. The van der Waals surface area contributed by atoms with Gasteiger partial charge in [-0.3, -0.25) is 4.79 Å². The first-order valence-electron chi connectivity index (χ1n) is 15.4. The lowest BCUT2D eigenvalue weighted by Crippen LogP contribution is -2.50. The minimum absolute atomic E-state index is 0.0552. The molecule has 1 fully saturated rings. The van der Waals surface area contributed by atoms with E-state index in [-0.39, 0.29) is 24.5 Å². The highest BCUT2D eigenvalue weighted by atomic mass is 16.5. The van der Waals surface area contributed by atoms with Crippen LogP contribution in [-0.4, -0.2) is 75.8 Å². The predicted octanol–water partition coefficient (Wildman–Crippen LogP) is 4.87. The van der Waals surface area contributed by atoms with Gasteiger partial charge in [0.15, 0.2) is 5.65 Å². The maximum Gasteiger partial charge on any atom is 0.331 e. The standard InChI is InChI=1S/C34H42N6O4/c1-4-43-33(42)34(2,3)37-32(41)28-24-40-30(36-28)17-16-29(38-40)35-20-11-21-39-22-18-27(19-23-39)44-31(25-12-7-5-8-13-25)26-14-9-6-10-15-26/h5-10,12-17,24,27,31H,4,11,18-23H2,1-3H3,(H,35,38)(H,37,41). The van der Waals surface area contributed by atoms with Crippen LogP contribution < -0.4 is 10.6 Å². The summed E-state index contributed by atoms with van der Waals surface area (Å²) in [5.41, 5.74) is 1.93. The Morgan fingerprint density at radius 1 is 0.977 bits per heavy atom. The van der Waals surface area contributed by atoms with E-state index in [4.69, 9.17) is 9.47 Å². The van der Waals surface area contributed by atoms with Crippen molar-refractivity contribution in [2.75, 3.05) is 38.1 Å². The molecular weight excluding hydrogens is 556 g/mol. The van der Waals surface area contributed by atoms with E-state index in [1.165, 1.54) is 11.1 Å². The van der Waals surface area contributed by atoms with Gasteiger partial charge in [-0.05, 0) is 69.8 Å². The molecule has 5 rings (SSSR count). The van der Waals surface area contributed by atoms with Crippen LogP contribution in [0.1, 0.15) is 67.8 Å². The number of benzene rings is 2. The first-order valence-corrected chi connectivity index (χ1v) is 15.4. The molecule has 232 valence electrons. The van der Waals surface area contributed by atoms with E-state index in [1.807, 2.05) is 24.3 Å². The van der Waals surface area contributed by atoms with E-state index in [2.05, 4.69) is 74.1 Å². The van der Waals surface area contributed by atoms with Crippen LogP contribution in [0.2, 0.25) is 0 Å². The van der Waals surface area contributed by atoms with Gasteiger partial charge in [0.1, 0.15) is 23.2 Å². The Bertz CT molecular complexity index is 1480. The number of esters is 1. The summed E-state index contributed by atoms with van der Waals surface area (Å²) in [4.78, 5) is 31.7. The van der Waals surface area contributed by atoms with E-state index in [1.54, 1.807) is 31.5 Å². The first-order chi connectivity index (χ1) is 21.3. The fraction of sp³-hybridized carbons (Fsp3) is 0.412. The second-order valence-electron chi connectivity index (χ2n) is 11.6. The predicted molar refractivity (Wildman–Crippen MR) is 170 cm³/mol. The quantitative estimate of drug-likeness (QED) is 0.166. The number of carbonyl (C=O) groups is 2. The third-order valence-electron chi connectivity index (χ3n) is 7.79. The number of fused-ring (bicyclic) bond motifs is 1. The molecule has 2 N–H and O–H groups in total. The summed E-state index contributed by atoms with van der Waals surface area (Å²) in [6.07, 6.45) is 4.72. The van der Waals surface area contributed by atoms with Gasteiger partial charge in [-0.25, -0.2) is 14.3 Å². The molecule has 10 heteroatoms. The zero-order valence-electron chi connectivity index (χ0n) is 25.7. The molecule has 0 radical (unpaired) electrons. The van der Waals surface area contributed by atoms with Crippen molar-refractivity contribution in [1.82, 2.24) is 24.8 Å². The summed E-state index contributed by atoms with van der Waals surface area (Å²) in [5.74, 6) is -0.263. The molecule has 4 aromatic rings. The molecule has 0 unspecified atom stereocenters. The fourth-order valence-corrected chi connectivity index (χ4v) is 5.38. The minimum atomic E-state index is -1.17. The molecule has 10 nitrogen and oxygen atoms in total. The van der Waals surface area contributed by atoms with Gasteiger partial charge in [0.25, 0.3) is 5.91 Å². The number of nitrogens with zero attached hydrogens (tertiary/aromatic N) is 4. The number of nitrogens with one attached hydrogen (secondary N) is 2. The van der Waals surface area contributed by atoms with Crippen LogP contribution in [-0.2, 0) is 14.3 Å². The summed E-state index contributed by atoms with van der Waals surface area (Å²) < 4.78 is 13.3. The van der Waals surface area contributed by atoms with Crippen LogP contribution in [0.3, 0.4) is 0 Å². The first kappa shape index (κ1) is 31.2. The Kier molecular flexibility index (Phi) is 10.2. The third kappa shape index (κ3) is 8.00. The van der Waals surface area contributed by atoms with Crippen LogP contribution in [0.25, 0.3) is 5.65 Å². The number of hydrogen-bond acceptors (Lipinski definition) is 8. The van der Waals surface area contributed by atoms with Gasteiger partial charge in [-0.2, -0.15) is 0 Å². The zero-order valence-corrected chi connectivity index (χ0v) is 25.7. The number of imidazole rings is 1. The summed E-state index contributed by atoms with van der Waals surface area (Å²) in [6.45, 7) is 8.96. The highest BCUT2D eigenvalue weighted by molar-refractivity contribution is 5.96. The van der Waals surface area contributed by atoms with Crippen molar-refractivity contribution in [3.8, 4) is 0 Å². The smallest absolute Gasteiger partial charge is 0.331 e. The van der Waals surface area contributed by atoms with Crippen LogP contribution in [0.4, 0.5) is 5.82 Å². The lowest BCUT2D eigenvalue weighted by molar-refractivity contribution is -0.149. The molecule has 0 saturated carbocycles. The summed E-state index contributed by atoms with van der Waals surface area (Å²) in [7, 11) is 0. The van der Waals surface area contributed by atoms with Crippen molar-refractivity contribution in [2.24, 2.45) is 0 Å². The number of piperidine rings is 1. The van der Waals surface area contributed by atoms with Crippen LogP contribution in [0.15, 0.2) is 79.0 Å². The number of likely N-dealkylation sites (tertiary alicyclic amines) is 1. The van der Waals surface area contributed by atoms with Crippen molar-refractivity contribution >= 4 is 23.3 Å². The number of carbonyl (C=O) groups excluding carboxylic acids is 2. The molecule has 0 spiro atoms. The monoisotopic (exact) mass is 598 g/mol. The topological polar surface area (TPSA) is 110 Å². The highest BCUT2D eigenvalue weighted by Gasteiger charge is 2.32. The lowest BCUT2D eigenvalue weighted by atomic mass is 10.00. The Hall–Kier alpha value is -4.28. The van der Waals surface area contributed by atoms with Crippen LogP contribution in [0.5, 0.6) is 0 Å². The second kappa shape index (κ2) is 14.5. The lowest BCUT2D eigenvalue weighted by Gasteiger charge is -2.34. The molecule has 1 saturated heterocycles. The van der Waals surface area contributed by atoms with Gasteiger partial charge in [0.2, 0.25) is 0 Å². The summed E-state index contributed by atoms with van der Waals surface area (Å²) in [6, 6.07) is 24.6. The van der Waals surface area contributed by atoms with Gasteiger partial charge >= 0.3 is 5.97 Å². The van der Waals surface area contributed by atoms with E-state index >= 15 is 0 Å². The largest absolute Gasteiger partial charge is 0.464 e. The molecule has 0 bridgehead atoms. The van der Waals surface area contributed by atoms with Crippen molar-refractivity contribution in [3.05, 3.63) is 95.8 Å². The fourth-order valence-electron chi connectivity index (χ4n) is 5.38. The maximum atomic E-state index is 12.7. The van der Waals surface area contributed by atoms with Crippen LogP contribution >= 0.6 is 0 Å². The molecule has 1 amide bonds. The third-order valence-corrected chi connectivity index (χ3v) is 7.79. The molecule has 2 aromatic carbocycles. The molecule has 1 aliphatic rings. The zero-order chi connectivity index (χ0) is 30.9. The van der Waals surface area contributed by atoms with E-state index in [9.17, 15) is 9.59 Å². The van der Waals surface area contributed by atoms with Gasteiger partial charge in [0.05, 0.1) is 18.9 Å². The van der Waals surface area contributed by atoms with Gasteiger partial charge in [-0.1, -0.05) is 60.7 Å². The highest BCUT2D eigenvalue weighted by Crippen LogP contribution is 2.30. The maximum absolute atomic E-state index is 12.7. The Balaban J connectivity index is 1.07. The molecule has 3 heterocycles. The van der Waals surface area contributed by atoms with E-state index in [0.717, 1.165) is 45.4 Å².